The van der Waals surface area contributed by atoms with Crippen molar-refractivity contribution < 1.29 is 28.5 Å². The molecule has 0 aromatic carbocycles. The Labute approximate surface area is 315 Å². The van der Waals surface area contributed by atoms with Crippen molar-refractivity contribution in [3.8, 4) is 0 Å². The number of anilines is 1. The van der Waals surface area contributed by atoms with Crippen molar-refractivity contribution in [2.24, 2.45) is 5.92 Å². The monoisotopic (exact) mass is 737 g/mol. The van der Waals surface area contributed by atoms with Crippen LogP contribution >= 0.6 is 0 Å². The molecule has 2 aromatic heterocycles. The molecular formula is C40H63N7O6. The highest BCUT2D eigenvalue weighted by atomic mass is 16.8. The Morgan fingerprint density at radius 3 is 2.28 bits per heavy atom. The number of rotatable bonds is 11. The molecule has 2 aliphatic heterocycles. The van der Waals surface area contributed by atoms with Gasteiger partial charge in [-0.1, -0.05) is 17.7 Å². The number of hydrogen-bond acceptors (Lipinski definition) is 10. The molecule has 5 rings (SSSR count). The highest BCUT2D eigenvalue weighted by Crippen LogP contribution is 2.49. The molecule has 0 unspecified atom stereocenters. The molecule has 1 saturated heterocycles. The average molecular weight is 738 g/mol. The lowest BCUT2D eigenvalue weighted by atomic mass is 10.00. The fourth-order valence-electron chi connectivity index (χ4n) is 7.52. The largest absolute Gasteiger partial charge is 0.444 e. The van der Waals surface area contributed by atoms with Gasteiger partial charge in [-0.25, -0.2) is 19.6 Å². The van der Waals surface area contributed by atoms with Crippen molar-refractivity contribution in [2.45, 2.75) is 130 Å². The normalized spacial score (nSPS) is 23.5. The van der Waals surface area contributed by atoms with Crippen molar-refractivity contribution in [1.82, 2.24) is 29.2 Å². The van der Waals surface area contributed by atoms with Gasteiger partial charge in [-0.3, -0.25) is 0 Å². The smallest absolute Gasteiger partial charge is 0.410 e. The number of ether oxygens (including phenoxy) is 4. The van der Waals surface area contributed by atoms with Gasteiger partial charge in [-0.15, -0.1) is 0 Å². The first-order valence-corrected chi connectivity index (χ1v) is 19.2. The van der Waals surface area contributed by atoms with Crippen LogP contribution in [0.15, 0.2) is 30.2 Å². The minimum absolute atomic E-state index is 0.0683. The number of amides is 2. The molecule has 294 valence electrons. The first-order chi connectivity index (χ1) is 24.7. The van der Waals surface area contributed by atoms with Crippen LogP contribution in [0.25, 0.3) is 16.6 Å². The number of carbonyl (C=O) groups is 2. The number of nitrogens with zero attached hydrogens (tertiary/aromatic N) is 6. The first-order valence-electron chi connectivity index (χ1n) is 19.2. The Bertz CT molecular complexity index is 1690. The minimum Gasteiger partial charge on any atom is -0.444 e. The minimum atomic E-state index is -0.807. The van der Waals surface area contributed by atoms with Crippen LogP contribution in [0.4, 0.5) is 15.4 Å². The van der Waals surface area contributed by atoms with Crippen LogP contribution < -0.4 is 5.73 Å². The van der Waals surface area contributed by atoms with E-state index in [0.717, 1.165) is 42.5 Å². The number of fused-ring (bicyclic) bond motifs is 2. The van der Waals surface area contributed by atoms with E-state index in [2.05, 4.69) is 46.8 Å². The van der Waals surface area contributed by atoms with Gasteiger partial charge in [0, 0.05) is 56.9 Å². The summed E-state index contributed by atoms with van der Waals surface area (Å²) in [7, 11) is 2.12. The van der Waals surface area contributed by atoms with Gasteiger partial charge < -0.3 is 43.9 Å². The lowest BCUT2D eigenvalue weighted by Crippen LogP contribution is -2.44. The standard InChI is InChI=1S/C40H63N7O6/c1-12-26(2)14-21-45(36(48)52-38(3,4)5)17-13-18-46(37(49)53-39(6,7)8)23-28-22-30(33-32(28)50-40(9,10)51-33)47-24-29(27-15-19-44(11)20-16-27)31-34(41)42-25-43-35(31)47/h12,15,24-25,28,30,32-33H,13-14,16-23H2,1-11H3,(H2,41,42,43)/b26-12+/t28-,30-,32-,33+/m1/s1. The predicted octanol–water partition coefficient (Wildman–Crippen LogP) is 7.03. The number of hydrogen-bond donors (Lipinski definition) is 1. The van der Waals surface area contributed by atoms with Crippen molar-refractivity contribution in [2.75, 3.05) is 52.0 Å². The maximum absolute atomic E-state index is 13.9. The van der Waals surface area contributed by atoms with E-state index in [0.29, 0.717) is 44.8 Å². The van der Waals surface area contributed by atoms with Gasteiger partial charge in [0.15, 0.2) is 5.79 Å². The van der Waals surface area contributed by atoms with Gasteiger partial charge in [-0.2, -0.15) is 0 Å². The maximum atomic E-state index is 13.9. The lowest BCUT2D eigenvalue weighted by Gasteiger charge is -2.32. The number of allylic oxidation sites excluding steroid dienone is 1. The fraction of sp³-hybridized carbons (Fsp3) is 0.700. The molecule has 53 heavy (non-hydrogen) atoms. The van der Waals surface area contributed by atoms with E-state index in [4.69, 9.17) is 29.7 Å². The molecule has 2 fully saturated rings. The van der Waals surface area contributed by atoms with E-state index >= 15 is 0 Å². The van der Waals surface area contributed by atoms with E-state index in [1.807, 2.05) is 62.3 Å². The van der Waals surface area contributed by atoms with Crippen LogP contribution in [0.3, 0.4) is 0 Å². The summed E-state index contributed by atoms with van der Waals surface area (Å²) >= 11 is 0. The quantitative estimate of drug-likeness (QED) is 0.239. The van der Waals surface area contributed by atoms with Crippen LogP contribution in [0.5, 0.6) is 0 Å². The highest BCUT2D eigenvalue weighted by Gasteiger charge is 2.55. The van der Waals surface area contributed by atoms with Crippen LogP contribution in [-0.2, 0) is 18.9 Å². The maximum Gasteiger partial charge on any atom is 0.410 e. The summed E-state index contributed by atoms with van der Waals surface area (Å²) in [6, 6.07) is -0.123. The molecule has 1 saturated carbocycles. The Morgan fingerprint density at radius 2 is 1.66 bits per heavy atom. The molecule has 2 amide bonds. The topological polar surface area (TPSA) is 138 Å². The van der Waals surface area contributed by atoms with Gasteiger partial charge >= 0.3 is 12.2 Å². The van der Waals surface area contributed by atoms with E-state index in [1.165, 1.54) is 17.5 Å². The molecule has 2 N–H and O–H groups in total. The van der Waals surface area contributed by atoms with Crippen LogP contribution in [0, 0.1) is 5.92 Å². The third-order valence-electron chi connectivity index (χ3n) is 10.2. The van der Waals surface area contributed by atoms with Crippen molar-refractivity contribution in [3.63, 3.8) is 0 Å². The van der Waals surface area contributed by atoms with Crippen LogP contribution in [0.1, 0.15) is 107 Å². The van der Waals surface area contributed by atoms with Gasteiger partial charge in [0.2, 0.25) is 0 Å². The van der Waals surface area contributed by atoms with E-state index < -0.39 is 23.1 Å². The average Bonchev–Trinajstić information content (AvgIpc) is 3.69. The van der Waals surface area contributed by atoms with Crippen molar-refractivity contribution >= 4 is 34.6 Å². The molecule has 4 atom stereocenters. The van der Waals surface area contributed by atoms with Crippen LogP contribution in [0.2, 0.25) is 0 Å². The molecule has 13 nitrogen and oxygen atoms in total. The van der Waals surface area contributed by atoms with Crippen molar-refractivity contribution in [3.05, 3.63) is 35.8 Å². The Morgan fingerprint density at radius 1 is 1.02 bits per heavy atom. The second-order valence-corrected chi connectivity index (χ2v) is 17.4. The zero-order valence-electron chi connectivity index (χ0n) is 33.9. The molecule has 0 bridgehead atoms. The van der Waals surface area contributed by atoms with E-state index in [-0.39, 0.29) is 30.3 Å². The number of likely N-dealkylation sites (N-methyl/N-ethyl adjacent to an activating group) is 1. The molecular weight excluding hydrogens is 674 g/mol. The Kier molecular flexibility index (Phi) is 12.2. The van der Waals surface area contributed by atoms with Crippen molar-refractivity contribution in [1.29, 1.82) is 0 Å². The molecule has 13 heteroatoms. The molecule has 2 aromatic rings. The number of nitrogen functional groups attached to an aromatic ring is 1. The lowest BCUT2D eigenvalue weighted by molar-refractivity contribution is -0.160. The predicted molar refractivity (Wildman–Crippen MR) is 207 cm³/mol. The number of nitrogens with two attached hydrogens (primary N) is 1. The van der Waals surface area contributed by atoms with Gasteiger partial charge in [0.25, 0.3) is 0 Å². The summed E-state index contributed by atoms with van der Waals surface area (Å²) in [5.41, 5.74) is 9.49. The van der Waals surface area contributed by atoms with Crippen LogP contribution in [-0.4, -0.2) is 117 Å². The summed E-state index contributed by atoms with van der Waals surface area (Å²) in [6.45, 7) is 22.7. The fourth-order valence-corrected chi connectivity index (χ4v) is 7.52. The molecule has 1 aliphatic carbocycles. The third kappa shape index (κ3) is 10.1. The Hall–Kier alpha value is -3.68. The van der Waals surface area contributed by atoms with E-state index in [9.17, 15) is 9.59 Å². The second-order valence-electron chi connectivity index (χ2n) is 17.4. The summed E-state index contributed by atoms with van der Waals surface area (Å²) in [5.74, 6) is -0.421. The Balaban J connectivity index is 1.41. The van der Waals surface area contributed by atoms with Gasteiger partial charge in [0.05, 0.1) is 17.5 Å². The molecule has 0 radical (unpaired) electrons. The summed E-state index contributed by atoms with van der Waals surface area (Å²) in [5, 5.41) is 0.857. The zero-order chi connectivity index (χ0) is 38.9. The third-order valence-corrected chi connectivity index (χ3v) is 10.2. The van der Waals surface area contributed by atoms with E-state index in [1.54, 1.807) is 9.80 Å². The molecule has 3 aliphatic rings. The summed E-state index contributed by atoms with van der Waals surface area (Å²) in [4.78, 5) is 42.0. The number of aromatic nitrogens is 3. The summed E-state index contributed by atoms with van der Waals surface area (Å²) < 4.78 is 27.2. The summed E-state index contributed by atoms with van der Waals surface area (Å²) in [6.07, 6.45) is 9.58. The van der Waals surface area contributed by atoms with Gasteiger partial charge in [-0.05, 0) is 108 Å². The first kappa shape index (κ1) is 40.5. The highest BCUT2D eigenvalue weighted by molar-refractivity contribution is 5.98. The zero-order valence-corrected chi connectivity index (χ0v) is 33.9. The second kappa shape index (κ2) is 16.0. The van der Waals surface area contributed by atoms with Gasteiger partial charge in [0.1, 0.15) is 35.1 Å². The molecule has 4 heterocycles. The number of carbonyl (C=O) groups excluding carboxylic acids is 2. The molecule has 0 spiro atoms. The SMILES string of the molecule is C/C=C(\C)CCN(CCCN(C[C@H]1C[C@@H](n2cc(C3=CCN(C)CC3)c3c(N)ncnc32)[C@@H]2OC(C)(C)O[C@H]12)C(=O)OC(C)(C)C)C(=O)OC(C)(C)C.